The van der Waals surface area contributed by atoms with Crippen molar-refractivity contribution in [2.24, 2.45) is 10.2 Å². The van der Waals surface area contributed by atoms with Gasteiger partial charge in [-0.25, -0.2) is 0 Å². The Labute approximate surface area is 129 Å². The fourth-order valence-electron chi connectivity index (χ4n) is 2.26. The molecule has 3 heteroatoms. The molecule has 22 heavy (non-hydrogen) atoms. The average molecular weight is 288 g/mol. The number of phenols is 1. The quantitative estimate of drug-likeness (QED) is 0.610. The molecule has 0 aliphatic carbocycles. The van der Waals surface area contributed by atoms with Gasteiger partial charge in [0.05, 0.1) is 11.4 Å². The molecule has 0 aliphatic heterocycles. The third-order valence-electron chi connectivity index (χ3n) is 3.38. The Kier molecular flexibility index (Phi) is 3.97. The van der Waals surface area contributed by atoms with E-state index >= 15 is 0 Å². The summed E-state index contributed by atoms with van der Waals surface area (Å²) in [5.41, 5.74) is 4.24. The van der Waals surface area contributed by atoms with Crippen LogP contribution in [0.1, 0.15) is 5.56 Å². The number of rotatable bonds is 3. The molecule has 3 nitrogen and oxygen atoms in total. The van der Waals surface area contributed by atoms with Gasteiger partial charge in [-0.15, -0.1) is 5.11 Å². The van der Waals surface area contributed by atoms with E-state index in [0.717, 1.165) is 28.1 Å². The second-order valence-corrected chi connectivity index (χ2v) is 5.07. The summed E-state index contributed by atoms with van der Waals surface area (Å²) in [7, 11) is 0. The molecular formula is C19H16N2O. The zero-order valence-electron chi connectivity index (χ0n) is 12.3. The number of nitrogens with zero attached hydrogens (tertiary/aromatic N) is 2. The van der Waals surface area contributed by atoms with E-state index in [1.54, 1.807) is 6.07 Å². The van der Waals surface area contributed by atoms with Crippen molar-refractivity contribution >= 4 is 11.4 Å². The highest BCUT2D eigenvalue weighted by Crippen LogP contribution is 2.36. The normalized spacial score (nSPS) is 11.0. The van der Waals surface area contributed by atoms with Crippen LogP contribution in [0.15, 0.2) is 83.0 Å². The lowest BCUT2D eigenvalue weighted by molar-refractivity contribution is 0.477. The van der Waals surface area contributed by atoms with Crippen LogP contribution in [-0.2, 0) is 0 Å². The first-order chi connectivity index (χ1) is 10.7. The molecular weight excluding hydrogens is 272 g/mol. The highest BCUT2D eigenvalue weighted by atomic mass is 16.3. The fraction of sp³-hybridized carbons (Fsp3) is 0.0526. The molecule has 1 N–H and O–H groups in total. The predicted octanol–water partition coefficient (Wildman–Crippen LogP) is 5.78. The lowest BCUT2D eigenvalue weighted by Crippen LogP contribution is -1.82. The Morgan fingerprint density at radius 1 is 0.727 bits per heavy atom. The first-order valence-electron chi connectivity index (χ1n) is 7.10. The van der Waals surface area contributed by atoms with Crippen molar-refractivity contribution in [3.05, 3.63) is 78.4 Å². The summed E-state index contributed by atoms with van der Waals surface area (Å²) < 4.78 is 0. The van der Waals surface area contributed by atoms with Crippen molar-refractivity contribution in [1.29, 1.82) is 0 Å². The van der Waals surface area contributed by atoms with Gasteiger partial charge in [0.1, 0.15) is 5.75 Å². The van der Waals surface area contributed by atoms with Gasteiger partial charge in [0.2, 0.25) is 0 Å². The molecule has 0 saturated carbocycles. The summed E-state index contributed by atoms with van der Waals surface area (Å²) in [5, 5.41) is 18.7. The van der Waals surface area contributed by atoms with Gasteiger partial charge in [-0.2, -0.15) is 5.11 Å². The van der Waals surface area contributed by atoms with Crippen molar-refractivity contribution in [2.75, 3.05) is 0 Å². The summed E-state index contributed by atoms with van der Waals surface area (Å²) in [4.78, 5) is 0. The number of phenolic OH excluding ortho intramolecular Hbond substituents is 1. The maximum atomic E-state index is 10.1. The smallest absolute Gasteiger partial charge is 0.123 e. The van der Waals surface area contributed by atoms with Crippen LogP contribution in [0.3, 0.4) is 0 Å². The van der Waals surface area contributed by atoms with Gasteiger partial charge in [0.25, 0.3) is 0 Å². The van der Waals surface area contributed by atoms with E-state index < -0.39 is 0 Å². The number of benzene rings is 3. The number of aryl methyl sites for hydroxylation is 1. The maximum Gasteiger partial charge on any atom is 0.123 e. The minimum Gasteiger partial charge on any atom is -0.507 e. The molecule has 0 saturated heterocycles. The number of azo groups is 1. The molecule has 0 aromatic heterocycles. The number of aromatic hydroxyl groups is 1. The monoisotopic (exact) mass is 288 g/mol. The van der Waals surface area contributed by atoms with Crippen molar-refractivity contribution in [3.8, 4) is 16.9 Å². The fourth-order valence-corrected chi connectivity index (χ4v) is 2.26. The average Bonchev–Trinajstić information content (AvgIpc) is 2.56. The van der Waals surface area contributed by atoms with Crippen molar-refractivity contribution < 1.29 is 5.11 Å². The molecule has 0 bridgehead atoms. The summed E-state index contributed by atoms with van der Waals surface area (Å²) in [6, 6.07) is 22.8. The van der Waals surface area contributed by atoms with Crippen LogP contribution in [0.5, 0.6) is 5.75 Å². The van der Waals surface area contributed by atoms with E-state index in [4.69, 9.17) is 0 Å². The first-order valence-corrected chi connectivity index (χ1v) is 7.10. The van der Waals surface area contributed by atoms with Crippen molar-refractivity contribution in [3.63, 3.8) is 0 Å². The zero-order chi connectivity index (χ0) is 15.4. The van der Waals surface area contributed by atoms with Gasteiger partial charge < -0.3 is 5.11 Å². The molecule has 0 amide bonds. The second-order valence-electron chi connectivity index (χ2n) is 5.07. The molecule has 3 aromatic carbocycles. The molecule has 3 rings (SSSR count). The van der Waals surface area contributed by atoms with Gasteiger partial charge in [-0.05, 0) is 37.3 Å². The molecule has 0 spiro atoms. The minimum absolute atomic E-state index is 0.243. The molecule has 0 radical (unpaired) electrons. The van der Waals surface area contributed by atoms with Gasteiger partial charge in [0.15, 0.2) is 0 Å². The van der Waals surface area contributed by atoms with E-state index in [9.17, 15) is 5.11 Å². The zero-order valence-corrected chi connectivity index (χ0v) is 12.3. The highest BCUT2D eigenvalue weighted by molar-refractivity contribution is 5.80. The molecule has 0 unspecified atom stereocenters. The van der Waals surface area contributed by atoms with E-state index in [1.165, 1.54) is 0 Å². The van der Waals surface area contributed by atoms with Crippen LogP contribution in [-0.4, -0.2) is 5.11 Å². The van der Waals surface area contributed by atoms with Crippen LogP contribution in [0.2, 0.25) is 0 Å². The Hall–Kier alpha value is -2.94. The maximum absolute atomic E-state index is 10.1. The van der Waals surface area contributed by atoms with E-state index in [-0.39, 0.29) is 5.75 Å². The Balaban J connectivity index is 2.04. The second kappa shape index (κ2) is 6.22. The third-order valence-corrected chi connectivity index (χ3v) is 3.38. The van der Waals surface area contributed by atoms with Crippen molar-refractivity contribution in [2.45, 2.75) is 6.92 Å². The highest BCUT2D eigenvalue weighted by Gasteiger charge is 2.09. The summed E-state index contributed by atoms with van der Waals surface area (Å²) in [5.74, 6) is 0.243. The molecule has 0 aliphatic rings. The van der Waals surface area contributed by atoms with E-state index in [1.807, 2.05) is 73.7 Å². The third kappa shape index (κ3) is 3.04. The summed E-state index contributed by atoms with van der Waals surface area (Å²) >= 11 is 0. The van der Waals surface area contributed by atoms with Crippen molar-refractivity contribution in [1.82, 2.24) is 0 Å². The van der Waals surface area contributed by atoms with Crippen LogP contribution in [0.4, 0.5) is 11.4 Å². The predicted molar refractivity (Wildman–Crippen MR) is 88.9 cm³/mol. The van der Waals surface area contributed by atoms with Gasteiger partial charge in [-0.3, -0.25) is 0 Å². The first kappa shape index (κ1) is 14.0. The minimum atomic E-state index is 0.243. The molecule has 0 heterocycles. The molecule has 3 aromatic rings. The van der Waals surface area contributed by atoms with Gasteiger partial charge in [0, 0.05) is 11.1 Å². The SMILES string of the molecule is Cc1ccc(O)c(-c2ccccc2N=Nc2ccccc2)c1. The van der Waals surface area contributed by atoms with Crippen LogP contribution in [0, 0.1) is 6.92 Å². The summed E-state index contributed by atoms with van der Waals surface area (Å²) in [6.45, 7) is 2.00. The lowest BCUT2D eigenvalue weighted by atomic mass is 10.0. The Bertz CT molecular complexity index is 811. The van der Waals surface area contributed by atoms with Crippen LogP contribution in [0.25, 0.3) is 11.1 Å². The van der Waals surface area contributed by atoms with E-state index in [2.05, 4.69) is 10.2 Å². The van der Waals surface area contributed by atoms with E-state index in [0.29, 0.717) is 0 Å². The topological polar surface area (TPSA) is 45.0 Å². The lowest BCUT2D eigenvalue weighted by Gasteiger charge is -2.08. The molecule has 108 valence electrons. The van der Waals surface area contributed by atoms with Crippen LogP contribution < -0.4 is 0 Å². The Morgan fingerprint density at radius 2 is 1.45 bits per heavy atom. The Morgan fingerprint density at radius 3 is 2.27 bits per heavy atom. The summed E-state index contributed by atoms with van der Waals surface area (Å²) in [6.07, 6.45) is 0. The molecule has 0 fully saturated rings. The van der Waals surface area contributed by atoms with Gasteiger partial charge >= 0.3 is 0 Å². The molecule has 0 atom stereocenters. The standard InChI is InChI=1S/C19H16N2O/c1-14-11-12-19(22)17(13-14)16-9-5-6-10-18(16)21-20-15-7-3-2-4-8-15/h2-13,22H,1H3. The number of hydrogen-bond donors (Lipinski definition) is 1. The largest absolute Gasteiger partial charge is 0.507 e. The van der Waals surface area contributed by atoms with Gasteiger partial charge in [-0.1, -0.05) is 48.0 Å². The van der Waals surface area contributed by atoms with Crippen LogP contribution >= 0.6 is 0 Å². The number of hydrogen-bond acceptors (Lipinski definition) is 3.